The maximum atomic E-state index is 4.33. The van der Waals surface area contributed by atoms with Crippen LogP contribution in [0.2, 0.25) is 0 Å². The smallest absolute Gasteiger partial charge is 0.0890 e. The van der Waals surface area contributed by atoms with Gasteiger partial charge in [-0.3, -0.25) is 9.97 Å². The average Bonchev–Trinajstić information content (AvgIpc) is 2.35. The van der Waals surface area contributed by atoms with Crippen LogP contribution in [0, 0.1) is 0 Å². The summed E-state index contributed by atoms with van der Waals surface area (Å²) in [5, 5.41) is 3.47. The Morgan fingerprint density at radius 2 is 1.88 bits per heavy atom. The van der Waals surface area contributed by atoms with Crippen LogP contribution in [0.25, 0.3) is 11.0 Å². The van der Waals surface area contributed by atoms with Gasteiger partial charge in [0, 0.05) is 18.4 Å². The molecule has 3 heteroatoms. The molecule has 1 heterocycles. The van der Waals surface area contributed by atoms with Crippen LogP contribution >= 0.6 is 0 Å². The zero-order valence-corrected chi connectivity index (χ0v) is 9.77. The van der Waals surface area contributed by atoms with Crippen molar-refractivity contribution in [1.82, 2.24) is 15.3 Å². The molecular formula is C13H17N3. The second-order valence-corrected chi connectivity index (χ2v) is 3.82. The van der Waals surface area contributed by atoms with Crippen LogP contribution < -0.4 is 5.32 Å². The van der Waals surface area contributed by atoms with Gasteiger partial charge in [-0.25, -0.2) is 0 Å². The third kappa shape index (κ3) is 2.19. The summed E-state index contributed by atoms with van der Waals surface area (Å²) < 4.78 is 0. The quantitative estimate of drug-likeness (QED) is 0.852. The van der Waals surface area contributed by atoms with Gasteiger partial charge < -0.3 is 5.32 Å². The number of hydrogen-bond donors (Lipinski definition) is 1. The van der Waals surface area contributed by atoms with E-state index >= 15 is 0 Å². The minimum atomic E-state index is 0.413. The number of fused-ring (bicyclic) bond motifs is 1. The van der Waals surface area contributed by atoms with E-state index in [1.807, 2.05) is 6.07 Å². The van der Waals surface area contributed by atoms with E-state index in [2.05, 4.69) is 41.3 Å². The molecule has 0 saturated heterocycles. The van der Waals surface area contributed by atoms with Gasteiger partial charge >= 0.3 is 0 Å². The Bertz CT molecular complexity index is 467. The Balaban J connectivity index is 2.37. The summed E-state index contributed by atoms with van der Waals surface area (Å²) in [4.78, 5) is 8.60. The number of rotatable bonds is 4. The van der Waals surface area contributed by atoms with E-state index in [4.69, 9.17) is 0 Å². The van der Waals surface area contributed by atoms with Crippen molar-refractivity contribution in [2.24, 2.45) is 0 Å². The summed E-state index contributed by atoms with van der Waals surface area (Å²) in [7, 11) is 0. The zero-order valence-electron chi connectivity index (χ0n) is 9.77. The van der Waals surface area contributed by atoms with Gasteiger partial charge in [-0.1, -0.05) is 19.9 Å². The van der Waals surface area contributed by atoms with Gasteiger partial charge in [0.2, 0.25) is 0 Å². The fraction of sp³-hybridized carbons (Fsp3) is 0.385. The Morgan fingerprint density at radius 3 is 2.56 bits per heavy atom. The molecule has 1 unspecified atom stereocenters. The molecule has 3 nitrogen and oxygen atoms in total. The van der Waals surface area contributed by atoms with Crippen LogP contribution in [0.4, 0.5) is 0 Å². The normalized spacial score (nSPS) is 12.9. The Labute approximate surface area is 95.9 Å². The van der Waals surface area contributed by atoms with Crippen molar-refractivity contribution in [2.75, 3.05) is 6.54 Å². The summed E-state index contributed by atoms with van der Waals surface area (Å²) in [5.74, 6) is 0. The fourth-order valence-electron chi connectivity index (χ4n) is 1.94. The number of hydrogen-bond acceptors (Lipinski definition) is 3. The van der Waals surface area contributed by atoms with Gasteiger partial charge in [-0.05, 0) is 30.7 Å². The first kappa shape index (κ1) is 11.0. The first-order valence-electron chi connectivity index (χ1n) is 5.79. The molecule has 0 aliphatic carbocycles. The second-order valence-electron chi connectivity index (χ2n) is 3.82. The minimum absolute atomic E-state index is 0.413. The molecule has 0 fully saturated rings. The van der Waals surface area contributed by atoms with E-state index in [1.54, 1.807) is 12.4 Å². The van der Waals surface area contributed by atoms with Crippen molar-refractivity contribution in [3.05, 3.63) is 36.2 Å². The molecule has 0 spiro atoms. The molecule has 1 aromatic carbocycles. The molecular weight excluding hydrogens is 198 g/mol. The minimum Gasteiger partial charge on any atom is -0.310 e. The molecule has 2 rings (SSSR count). The number of nitrogens with zero attached hydrogens (tertiary/aromatic N) is 2. The number of nitrogens with one attached hydrogen (secondary N) is 1. The SMILES string of the molecule is CCNC(CC)c1ccc2nccnc2c1. The van der Waals surface area contributed by atoms with E-state index in [1.165, 1.54) is 5.56 Å². The van der Waals surface area contributed by atoms with Gasteiger partial charge in [0.05, 0.1) is 11.0 Å². The van der Waals surface area contributed by atoms with E-state index < -0.39 is 0 Å². The van der Waals surface area contributed by atoms with E-state index in [9.17, 15) is 0 Å². The lowest BCUT2D eigenvalue weighted by atomic mass is 10.0. The van der Waals surface area contributed by atoms with Crippen LogP contribution in [-0.2, 0) is 0 Å². The summed E-state index contributed by atoms with van der Waals surface area (Å²) >= 11 is 0. The van der Waals surface area contributed by atoms with Crippen LogP contribution in [0.3, 0.4) is 0 Å². The molecule has 0 amide bonds. The van der Waals surface area contributed by atoms with Crippen molar-refractivity contribution in [2.45, 2.75) is 26.3 Å². The highest BCUT2D eigenvalue weighted by atomic mass is 14.9. The predicted octanol–water partition coefficient (Wildman–Crippen LogP) is 2.69. The largest absolute Gasteiger partial charge is 0.310 e. The van der Waals surface area contributed by atoms with Gasteiger partial charge in [0.1, 0.15) is 0 Å². The Morgan fingerprint density at radius 1 is 1.12 bits per heavy atom. The van der Waals surface area contributed by atoms with Gasteiger partial charge in [0.15, 0.2) is 0 Å². The van der Waals surface area contributed by atoms with Crippen LogP contribution in [0.15, 0.2) is 30.6 Å². The highest BCUT2D eigenvalue weighted by Gasteiger charge is 2.08. The Kier molecular flexibility index (Phi) is 3.47. The second kappa shape index (κ2) is 5.03. The van der Waals surface area contributed by atoms with E-state index in [0.29, 0.717) is 6.04 Å². The van der Waals surface area contributed by atoms with Crippen molar-refractivity contribution in [3.8, 4) is 0 Å². The molecule has 0 saturated carbocycles. The van der Waals surface area contributed by atoms with Crippen LogP contribution in [0.5, 0.6) is 0 Å². The topological polar surface area (TPSA) is 37.8 Å². The zero-order chi connectivity index (χ0) is 11.4. The van der Waals surface area contributed by atoms with Gasteiger partial charge in [0.25, 0.3) is 0 Å². The molecule has 0 bridgehead atoms. The summed E-state index contributed by atoms with van der Waals surface area (Å²) in [6.07, 6.45) is 4.55. The summed E-state index contributed by atoms with van der Waals surface area (Å²) in [6, 6.07) is 6.71. The third-order valence-electron chi connectivity index (χ3n) is 2.75. The number of benzene rings is 1. The first-order chi connectivity index (χ1) is 7.85. The highest BCUT2D eigenvalue weighted by molar-refractivity contribution is 5.74. The summed E-state index contributed by atoms with van der Waals surface area (Å²) in [6.45, 7) is 5.30. The molecule has 1 aromatic heterocycles. The third-order valence-corrected chi connectivity index (χ3v) is 2.75. The molecule has 84 valence electrons. The van der Waals surface area contributed by atoms with E-state index in [-0.39, 0.29) is 0 Å². The molecule has 16 heavy (non-hydrogen) atoms. The molecule has 2 aromatic rings. The fourth-order valence-corrected chi connectivity index (χ4v) is 1.94. The summed E-state index contributed by atoms with van der Waals surface area (Å²) in [5.41, 5.74) is 3.21. The highest BCUT2D eigenvalue weighted by Crippen LogP contribution is 2.19. The average molecular weight is 215 g/mol. The number of aromatic nitrogens is 2. The van der Waals surface area contributed by atoms with Crippen LogP contribution in [-0.4, -0.2) is 16.5 Å². The maximum absolute atomic E-state index is 4.33. The molecule has 1 atom stereocenters. The van der Waals surface area contributed by atoms with Crippen molar-refractivity contribution in [3.63, 3.8) is 0 Å². The molecule has 0 aliphatic rings. The Hall–Kier alpha value is -1.48. The lowest BCUT2D eigenvalue weighted by Crippen LogP contribution is -2.19. The van der Waals surface area contributed by atoms with Crippen molar-refractivity contribution in [1.29, 1.82) is 0 Å². The van der Waals surface area contributed by atoms with Crippen LogP contribution in [0.1, 0.15) is 31.9 Å². The lowest BCUT2D eigenvalue weighted by Gasteiger charge is -2.16. The van der Waals surface area contributed by atoms with Crippen molar-refractivity contribution < 1.29 is 0 Å². The molecule has 0 radical (unpaired) electrons. The predicted molar refractivity (Wildman–Crippen MR) is 66.2 cm³/mol. The maximum Gasteiger partial charge on any atom is 0.0890 e. The van der Waals surface area contributed by atoms with E-state index in [0.717, 1.165) is 24.0 Å². The molecule has 0 aliphatic heterocycles. The van der Waals surface area contributed by atoms with Gasteiger partial charge in [-0.15, -0.1) is 0 Å². The van der Waals surface area contributed by atoms with Crippen molar-refractivity contribution >= 4 is 11.0 Å². The van der Waals surface area contributed by atoms with Gasteiger partial charge in [-0.2, -0.15) is 0 Å². The first-order valence-corrected chi connectivity index (χ1v) is 5.79. The lowest BCUT2D eigenvalue weighted by molar-refractivity contribution is 0.538. The molecule has 1 N–H and O–H groups in total. The monoisotopic (exact) mass is 215 g/mol. The standard InChI is InChI=1S/C13H17N3/c1-3-11(14-4-2)10-5-6-12-13(9-10)16-8-7-15-12/h5-9,11,14H,3-4H2,1-2H3.